The molecule has 0 aliphatic carbocycles. The molecule has 0 atom stereocenters. The highest BCUT2D eigenvalue weighted by atomic mass is 16.5. The normalized spacial score (nSPS) is 9.71. The molecule has 0 saturated heterocycles. The molecule has 86 valence electrons. The topological polar surface area (TPSA) is 61.3 Å². The van der Waals surface area contributed by atoms with Gasteiger partial charge in [0.2, 0.25) is 11.7 Å². The first-order valence-corrected chi connectivity index (χ1v) is 4.94. The number of rotatable bonds is 3. The van der Waals surface area contributed by atoms with Crippen LogP contribution in [0.3, 0.4) is 0 Å². The Kier molecular flexibility index (Phi) is 3.30. The van der Waals surface area contributed by atoms with Crippen LogP contribution < -0.4 is 4.74 Å². The lowest BCUT2D eigenvalue weighted by Gasteiger charge is -2.04. The third-order valence-electron chi connectivity index (χ3n) is 1.96. The monoisotopic (exact) mass is 230 g/mol. The summed E-state index contributed by atoms with van der Waals surface area (Å²) in [4.78, 5) is 18.9. The molecule has 2 rings (SSSR count). The van der Waals surface area contributed by atoms with Crippen LogP contribution in [0.15, 0.2) is 42.6 Å². The van der Waals surface area contributed by atoms with Crippen molar-refractivity contribution in [3.8, 4) is 11.6 Å². The maximum absolute atomic E-state index is 11.2. The number of aromatic nitrogens is 2. The molecule has 2 aromatic rings. The van der Waals surface area contributed by atoms with Crippen molar-refractivity contribution in [1.82, 2.24) is 9.97 Å². The maximum Gasteiger partial charge on any atom is 0.376 e. The summed E-state index contributed by atoms with van der Waals surface area (Å²) in [5, 5.41) is 0. The summed E-state index contributed by atoms with van der Waals surface area (Å²) in [5.41, 5.74) is 0. The van der Waals surface area contributed by atoms with Crippen molar-refractivity contribution in [2.24, 2.45) is 0 Å². The molecule has 1 aromatic heterocycles. The standard InChI is InChI=1S/C12H10N2O3/c1-16-12(15)11-13-8-7-10(14-11)17-9-5-3-2-4-6-9/h2-8H,1H3. The molecular weight excluding hydrogens is 220 g/mol. The average molecular weight is 230 g/mol. The molecule has 0 fully saturated rings. The minimum absolute atomic E-state index is 0.0269. The van der Waals surface area contributed by atoms with E-state index < -0.39 is 5.97 Å². The minimum atomic E-state index is -0.594. The van der Waals surface area contributed by atoms with Gasteiger partial charge in [0.05, 0.1) is 7.11 Å². The van der Waals surface area contributed by atoms with Gasteiger partial charge in [-0.3, -0.25) is 0 Å². The third kappa shape index (κ3) is 2.78. The Bertz CT molecular complexity index is 514. The van der Waals surface area contributed by atoms with Crippen LogP contribution in [-0.2, 0) is 4.74 Å². The van der Waals surface area contributed by atoms with Gasteiger partial charge in [0, 0.05) is 12.3 Å². The summed E-state index contributed by atoms with van der Waals surface area (Å²) in [7, 11) is 1.27. The Labute approximate surface area is 98.0 Å². The molecule has 0 unspecified atom stereocenters. The third-order valence-corrected chi connectivity index (χ3v) is 1.96. The number of benzene rings is 1. The van der Waals surface area contributed by atoms with E-state index in [1.165, 1.54) is 13.3 Å². The molecule has 1 aromatic carbocycles. The summed E-state index contributed by atoms with van der Waals surface area (Å²) < 4.78 is 9.98. The summed E-state index contributed by atoms with van der Waals surface area (Å²) in [6.07, 6.45) is 1.44. The fourth-order valence-corrected chi connectivity index (χ4v) is 1.20. The number of nitrogens with zero attached hydrogens (tertiary/aromatic N) is 2. The van der Waals surface area contributed by atoms with Gasteiger partial charge < -0.3 is 9.47 Å². The second-order valence-corrected chi connectivity index (χ2v) is 3.13. The predicted octanol–water partition coefficient (Wildman–Crippen LogP) is 2.06. The van der Waals surface area contributed by atoms with Crippen LogP contribution in [0, 0.1) is 0 Å². The lowest BCUT2D eigenvalue weighted by Crippen LogP contribution is -2.07. The van der Waals surface area contributed by atoms with Gasteiger partial charge in [0.1, 0.15) is 5.75 Å². The van der Waals surface area contributed by atoms with Gasteiger partial charge in [-0.25, -0.2) is 9.78 Å². The van der Waals surface area contributed by atoms with E-state index in [2.05, 4.69) is 14.7 Å². The second-order valence-electron chi connectivity index (χ2n) is 3.13. The molecule has 0 amide bonds. The van der Waals surface area contributed by atoms with Gasteiger partial charge >= 0.3 is 5.97 Å². The molecule has 1 heterocycles. The van der Waals surface area contributed by atoms with Crippen LogP contribution in [0.1, 0.15) is 10.6 Å². The van der Waals surface area contributed by atoms with Gasteiger partial charge in [-0.15, -0.1) is 0 Å². The molecule has 0 spiro atoms. The molecule has 0 N–H and O–H groups in total. The average Bonchev–Trinajstić information content (AvgIpc) is 2.39. The fraction of sp³-hybridized carbons (Fsp3) is 0.0833. The number of ether oxygens (including phenoxy) is 2. The number of methoxy groups -OCH3 is 1. The highest BCUT2D eigenvalue weighted by Crippen LogP contribution is 2.17. The lowest BCUT2D eigenvalue weighted by molar-refractivity contribution is 0.0585. The first-order chi connectivity index (χ1) is 8.29. The Hall–Kier alpha value is -2.43. The summed E-state index contributed by atoms with van der Waals surface area (Å²) in [6, 6.07) is 10.7. The molecule has 5 heteroatoms. The SMILES string of the molecule is COC(=O)c1nccc(Oc2ccccc2)n1. The molecule has 0 radical (unpaired) electrons. The van der Waals surface area contributed by atoms with Crippen molar-refractivity contribution in [1.29, 1.82) is 0 Å². The predicted molar refractivity (Wildman–Crippen MR) is 59.9 cm³/mol. The largest absolute Gasteiger partial charge is 0.463 e. The van der Waals surface area contributed by atoms with E-state index in [1.54, 1.807) is 18.2 Å². The zero-order valence-corrected chi connectivity index (χ0v) is 9.16. The van der Waals surface area contributed by atoms with Gasteiger partial charge in [0.15, 0.2) is 0 Å². The van der Waals surface area contributed by atoms with Crippen molar-refractivity contribution >= 4 is 5.97 Å². The number of hydrogen-bond donors (Lipinski definition) is 0. The number of esters is 1. The molecule has 5 nitrogen and oxygen atoms in total. The Morgan fingerprint density at radius 2 is 1.94 bits per heavy atom. The van der Waals surface area contributed by atoms with E-state index >= 15 is 0 Å². The van der Waals surface area contributed by atoms with Crippen LogP contribution in [0.25, 0.3) is 0 Å². The highest BCUT2D eigenvalue weighted by molar-refractivity contribution is 5.84. The van der Waals surface area contributed by atoms with Crippen LogP contribution in [0.4, 0.5) is 0 Å². The van der Waals surface area contributed by atoms with Crippen molar-refractivity contribution in [3.05, 3.63) is 48.4 Å². The molecule has 0 bridgehead atoms. The fourth-order valence-electron chi connectivity index (χ4n) is 1.20. The number of para-hydroxylation sites is 1. The Morgan fingerprint density at radius 3 is 2.65 bits per heavy atom. The van der Waals surface area contributed by atoms with Crippen molar-refractivity contribution in [3.63, 3.8) is 0 Å². The van der Waals surface area contributed by atoms with Crippen LogP contribution in [-0.4, -0.2) is 23.0 Å². The Morgan fingerprint density at radius 1 is 1.18 bits per heavy atom. The van der Waals surface area contributed by atoms with Crippen molar-refractivity contribution < 1.29 is 14.3 Å². The maximum atomic E-state index is 11.2. The molecule has 0 aliphatic heterocycles. The summed E-state index contributed by atoms with van der Waals surface area (Å²) in [5.74, 6) is 0.318. The van der Waals surface area contributed by atoms with E-state index in [0.29, 0.717) is 11.6 Å². The summed E-state index contributed by atoms with van der Waals surface area (Å²) in [6.45, 7) is 0. The van der Waals surface area contributed by atoms with E-state index in [1.807, 2.05) is 18.2 Å². The zero-order valence-electron chi connectivity index (χ0n) is 9.16. The number of carbonyl (C=O) groups excluding carboxylic acids is 1. The minimum Gasteiger partial charge on any atom is -0.463 e. The molecule has 17 heavy (non-hydrogen) atoms. The molecular formula is C12H10N2O3. The first-order valence-electron chi connectivity index (χ1n) is 4.94. The Balaban J connectivity index is 2.20. The van der Waals surface area contributed by atoms with Crippen LogP contribution >= 0.6 is 0 Å². The van der Waals surface area contributed by atoms with Crippen LogP contribution in [0.5, 0.6) is 11.6 Å². The lowest BCUT2D eigenvalue weighted by atomic mass is 10.3. The first kappa shape index (κ1) is 11.1. The molecule has 0 saturated carbocycles. The number of hydrogen-bond acceptors (Lipinski definition) is 5. The van der Waals surface area contributed by atoms with Gasteiger partial charge in [-0.05, 0) is 12.1 Å². The van der Waals surface area contributed by atoms with E-state index in [4.69, 9.17) is 4.74 Å². The summed E-state index contributed by atoms with van der Waals surface area (Å²) >= 11 is 0. The van der Waals surface area contributed by atoms with Gasteiger partial charge in [-0.1, -0.05) is 18.2 Å². The van der Waals surface area contributed by atoms with Gasteiger partial charge in [0.25, 0.3) is 0 Å². The van der Waals surface area contributed by atoms with E-state index in [0.717, 1.165) is 0 Å². The number of carbonyl (C=O) groups is 1. The van der Waals surface area contributed by atoms with E-state index in [9.17, 15) is 4.79 Å². The van der Waals surface area contributed by atoms with Crippen molar-refractivity contribution in [2.75, 3.05) is 7.11 Å². The van der Waals surface area contributed by atoms with Crippen LogP contribution in [0.2, 0.25) is 0 Å². The van der Waals surface area contributed by atoms with Crippen molar-refractivity contribution in [2.45, 2.75) is 0 Å². The second kappa shape index (κ2) is 5.07. The van der Waals surface area contributed by atoms with E-state index in [-0.39, 0.29) is 5.82 Å². The molecule has 0 aliphatic rings. The highest BCUT2D eigenvalue weighted by Gasteiger charge is 2.10. The quantitative estimate of drug-likeness (QED) is 0.755. The van der Waals surface area contributed by atoms with Gasteiger partial charge in [-0.2, -0.15) is 4.98 Å². The zero-order chi connectivity index (χ0) is 12.1. The smallest absolute Gasteiger partial charge is 0.376 e.